The van der Waals surface area contributed by atoms with E-state index in [1.165, 1.54) is 32.1 Å². The normalized spacial score (nSPS) is 24.8. The minimum absolute atomic E-state index is 0.148. The molecule has 1 aliphatic heterocycles. The van der Waals surface area contributed by atoms with Crippen molar-refractivity contribution in [2.24, 2.45) is 11.8 Å². The summed E-state index contributed by atoms with van der Waals surface area (Å²) < 4.78 is 0. The van der Waals surface area contributed by atoms with Gasteiger partial charge in [0.1, 0.15) is 0 Å². The molecule has 2 N–H and O–H groups in total. The Morgan fingerprint density at radius 2 is 2.00 bits per heavy atom. The maximum Gasteiger partial charge on any atom is 0.317 e. The van der Waals surface area contributed by atoms with Crippen LogP contribution < -0.4 is 5.32 Å². The number of carboxylic acids is 1. The predicted octanol–water partition coefficient (Wildman–Crippen LogP) is 2.47. The minimum atomic E-state index is -0.867. The fraction of sp³-hybridized carbons (Fsp3) is 0.611. The van der Waals surface area contributed by atoms with Crippen LogP contribution in [0.3, 0.4) is 0 Å². The van der Waals surface area contributed by atoms with Gasteiger partial charge in [0.2, 0.25) is 0 Å². The molecule has 2 heterocycles. The van der Waals surface area contributed by atoms with Gasteiger partial charge in [0.25, 0.3) is 0 Å². The minimum Gasteiger partial charge on any atom is -0.481 e. The number of urea groups is 1. The van der Waals surface area contributed by atoms with Gasteiger partial charge >= 0.3 is 12.0 Å². The summed E-state index contributed by atoms with van der Waals surface area (Å²) >= 11 is 0. The maximum absolute atomic E-state index is 12.4. The molecule has 6 heteroatoms. The van der Waals surface area contributed by atoms with E-state index in [4.69, 9.17) is 0 Å². The standard InChI is InChI=1S/C18H25N3O3/c22-17(23)15-12-21(11-14(15)16-8-4-5-9-19-16)18(24)20-10-13-6-2-1-3-7-13/h4-5,8-9,13-15H,1-3,6-7,10-12H2,(H,20,24)(H,22,23)/t14-,15-/m1/s1. The van der Waals surface area contributed by atoms with Crippen molar-refractivity contribution in [3.05, 3.63) is 30.1 Å². The first-order valence-corrected chi connectivity index (χ1v) is 8.81. The summed E-state index contributed by atoms with van der Waals surface area (Å²) in [6, 6.07) is 5.35. The molecular weight excluding hydrogens is 306 g/mol. The highest BCUT2D eigenvalue weighted by Gasteiger charge is 2.41. The Balaban J connectivity index is 1.60. The van der Waals surface area contributed by atoms with Crippen molar-refractivity contribution >= 4 is 12.0 Å². The van der Waals surface area contributed by atoms with Gasteiger partial charge in [-0.05, 0) is 30.9 Å². The van der Waals surface area contributed by atoms with E-state index in [1.54, 1.807) is 11.1 Å². The number of nitrogens with zero attached hydrogens (tertiary/aromatic N) is 2. The molecule has 1 aromatic heterocycles. The summed E-state index contributed by atoms with van der Waals surface area (Å²) in [4.78, 5) is 29.9. The molecule has 24 heavy (non-hydrogen) atoms. The molecule has 2 amide bonds. The van der Waals surface area contributed by atoms with Crippen molar-refractivity contribution in [3.8, 4) is 0 Å². The first-order chi connectivity index (χ1) is 11.6. The number of carboxylic acid groups (broad SMARTS) is 1. The van der Waals surface area contributed by atoms with Gasteiger partial charge in [0, 0.05) is 37.4 Å². The fourth-order valence-electron chi connectivity index (χ4n) is 3.85. The van der Waals surface area contributed by atoms with E-state index in [9.17, 15) is 14.7 Å². The lowest BCUT2D eigenvalue weighted by Gasteiger charge is -2.24. The summed E-state index contributed by atoms with van der Waals surface area (Å²) in [6.07, 6.45) is 7.80. The first-order valence-electron chi connectivity index (χ1n) is 8.81. The highest BCUT2D eigenvalue weighted by Crippen LogP contribution is 2.32. The van der Waals surface area contributed by atoms with Crippen molar-refractivity contribution in [2.45, 2.75) is 38.0 Å². The predicted molar refractivity (Wildman–Crippen MR) is 89.7 cm³/mol. The number of pyridine rings is 1. The lowest BCUT2D eigenvalue weighted by molar-refractivity contribution is -0.141. The number of hydrogen-bond donors (Lipinski definition) is 2. The molecule has 2 fully saturated rings. The van der Waals surface area contributed by atoms with E-state index >= 15 is 0 Å². The number of aliphatic carboxylic acids is 1. The number of aromatic nitrogens is 1. The molecule has 0 radical (unpaired) electrons. The van der Waals surface area contributed by atoms with Crippen LogP contribution in [0, 0.1) is 11.8 Å². The van der Waals surface area contributed by atoms with Crippen LogP contribution in [0.4, 0.5) is 4.79 Å². The third-order valence-corrected chi connectivity index (χ3v) is 5.26. The van der Waals surface area contributed by atoms with Gasteiger partial charge in [-0.3, -0.25) is 9.78 Å². The molecule has 6 nitrogen and oxygen atoms in total. The van der Waals surface area contributed by atoms with Crippen molar-refractivity contribution in [1.82, 2.24) is 15.2 Å². The zero-order valence-corrected chi connectivity index (χ0v) is 13.9. The molecule has 0 spiro atoms. The Morgan fingerprint density at radius 3 is 2.67 bits per heavy atom. The second kappa shape index (κ2) is 7.64. The molecule has 1 aromatic rings. The summed E-state index contributed by atoms with van der Waals surface area (Å²) in [7, 11) is 0. The Labute approximate surface area is 142 Å². The van der Waals surface area contributed by atoms with E-state index in [-0.39, 0.29) is 18.5 Å². The highest BCUT2D eigenvalue weighted by molar-refractivity contribution is 5.78. The quantitative estimate of drug-likeness (QED) is 0.888. The molecule has 0 aromatic carbocycles. The fourth-order valence-corrected chi connectivity index (χ4v) is 3.85. The third kappa shape index (κ3) is 3.86. The average Bonchev–Trinajstić information content (AvgIpc) is 3.07. The van der Waals surface area contributed by atoms with Crippen LogP contribution in [-0.2, 0) is 4.79 Å². The molecule has 0 bridgehead atoms. The number of hydrogen-bond acceptors (Lipinski definition) is 3. The zero-order chi connectivity index (χ0) is 16.9. The van der Waals surface area contributed by atoms with Gasteiger partial charge in [-0.1, -0.05) is 25.3 Å². The van der Waals surface area contributed by atoms with Gasteiger partial charge in [-0.25, -0.2) is 4.79 Å². The summed E-state index contributed by atoms with van der Waals surface area (Å²) in [5, 5.41) is 12.5. The van der Waals surface area contributed by atoms with Crippen LogP contribution in [0.25, 0.3) is 0 Å². The Hall–Kier alpha value is -2.11. The Kier molecular flexibility index (Phi) is 5.33. The number of carbonyl (C=O) groups is 2. The SMILES string of the molecule is O=C(O)[C@@H]1CN(C(=O)NCC2CCCCC2)C[C@H]1c1ccccn1. The molecule has 1 saturated heterocycles. The molecule has 3 rings (SSSR count). The molecule has 1 saturated carbocycles. The maximum atomic E-state index is 12.4. The average molecular weight is 331 g/mol. The van der Waals surface area contributed by atoms with Gasteiger partial charge in [-0.2, -0.15) is 0 Å². The zero-order valence-electron chi connectivity index (χ0n) is 13.9. The lowest BCUT2D eigenvalue weighted by atomic mass is 9.89. The van der Waals surface area contributed by atoms with Crippen molar-refractivity contribution < 1.29 is 14.7 Å². The number of likely N-dealkylation sites (tertiary alicyclic amines) is 1. The Morgan fingerprint density at radius 1 is 1.21 bits per heavy atom. The second-order valence-corrected chi connectivity index (χ2v) is 6.90. The molecular formula is C18H25N3O3. The van der Waals surface area contributed by atoms with Gasteiger partial charge in [0.15, 0.2) is 0 Å². The van der Waals surface area contributed by atoms with Crippen LogP contribution in [-0.4, -0.2) is 46.6 Å². The van der Waals surface area contributed by atoms with Crippen LogP contribution in [0.5, 0.6) is 0 Å². The van der Waals surface area contributed by atoms with Crippen LogP contribution in [0.1, 0.15) is 43.7 Å². The van der Waals surface area contributed by atoms with Crippen molar-refractivity contribution in [3.63, 3.8) is 0 Å². The van der Waals surface area contributed by atoms with E-state index in [0.29, 0.717) is 19.0 Å². The molecule has 1 aliphatic carbocycles. The smallest absolute Gasteiger partial charge is 0.317 e. The van der Waals surface area contributed by atoms with E-state index in [1.807, 2.05) is 18.2 Å². The Bertz CT molecular complexity index is 572. The summed E-state index contributed by atoms with van der Waals surface area (Å²) in [6.45, 7) is 1.35. The number of rotatable bonds is 4. The van der Waals surface area contributed by atoms with Gasteiger partial charge in [0.05, 0.1) is 5.92 Å². The first kappa shape index (κ1) is 16.7. The largest absolute Gasteiger partial charge is 0.481 e. The monoisotopic (exact) mass is 331 g/mol. The summed E-state index contributed by atoms with van der Waals surface area (Å²) in [5.41, 5.74) is 0.743. The van der Waals surface area contributed by atoms with Crippen LogP contribution in [0.15, 0.2) is 24.4 Å². The van der Waals surface area contributed by atoms with E-state index in [0.717, 1.165) is 5.69 Å². The summed E-state index contributed by atoms with van der Waals surface area (Å²) in [5.74, 6) is -1.15. The molecule has 0 unspecified atom stereocenters. The number of amides is 2. The lowest BCUT2D eigenvalue weighted by Crippen LogP contribution is -2.41. The third-order valence-electron chi connectivity index (χ3n) is 5.26. The van der Waals surface area contributed by atoms with Gasteiger partial charge < -0.3 is 15.3 Å². The van der Waals surface area contributed by atoms with E-state index < -0.39 is 11.9 Å². The van der Waals surface area contributed by atoms with Crippen molar-refractivity contribution in [2.75, 3.05) is 19.6 Å². The van der Waals surface area contributed by atoms with Crippen LogP contribution in [0.2, 0.25) is 0 Å². The molecule has 130 valence electrons. The topological polar surface area (TPSA) is 82.5 Å². The number of carbonyl (C=O) groups excluding carboxylic acids is 1. The van der Waals surface area contributed by atoms with Crippen molar-refractivity contribution in [1.29, 1.82) is 0 Å². The molecule has 2 aliphatic rings. The van der Waals surface area contributed by atoms with Crippen LogP contribution >= 0.6 is 0 Å². The van der Waals surface area contributed by atoms with E-state index in [2.05, 4.69) is 10.3 Å². The molecule has 2 atom stereocenters. The second-order valence-electron chi connectivity index (χ2n) is 6.90. The van der Waals surface area contributed by atoms with Gasteiger partial charge in [-0.15, -0.1) is 0 Å². The number of nitrogens with one attached hydrogen (secondary N) is 1. The highest BCUT2D eigenvalue weighted by atomic mass is 16.4.